The van der Waals surface area contributed by atoms with E-state index in [4.69, 9.17) is 0 Å². The standard InChI is InChI=1S/C22H22S/c1-4-11-19(12-5-1)23(22-17-10-18-22,20-13-6-2-7-14-20)21-15-8-3-9-16-21/h1-9,11-15,17,21H,10,16,18H2. The van der Waals surface area contributed by atoms with E-state index in [9.17, 15) is 0 Å². The Balaban J connectivity index is 1.98. The van der Waals surface area contributed by atoms with Crippen molar-refractivity contribution in [2.75, 3.05) is 0 Å². The molecule has 1 unspecified atom stereocenters. The molecule has 0 bridgehead atoms. The van der Waals surface area contributed by atoms with Crippen molar-refractivity contribution < 1.29 is 0 Å². The van der Waals surface area contributed by atoms with Crippen LogP contribution in [0.3, 0.4) is 0 Å². The van der Waals surface area contributed by atoms with Crippen molar-refractivity contribution in [1.82, 2.24) is 0 Å². The summed E-state index contributed by atoms with van der Waals surface area (Å²) >= 11 is 0. The van der Waals surface area contributed by atoms with Crippen LogP contribution in [-0.4, -0.2) is 5.25 Å². The van der Waals surface area contributed by atoms with Crippen molar-refractivity contribution in [1.29, 1.82) is 0 Å². The first-order valence-corrected chi connectivity index (χ1v) is 10.1. The molecular formula is C22H22S. The van der Waals surface area contributed by atoms with Crippen LogP contribution >= 0.6 is 10.0 Å². The van der Waals surface area contributed by atoms with E-state index in [0.717, 1.165) is 6.42 Å². The third-order valence-corrected chi connectivity index (χ3v) is 9.29. The van der Waals surface area contributed by atoms with Crippen molar-refractivity contribution >= 4 is 10.0 Å². The Kier molecular flexibility index (Phi) is 3.97. The van der Waals surface area contributed by atoms with Crippen LogP contribution in [0.1, 0.15) is 19.3 Å². The molecule has 4 rings (SSSR count). The van der Waals surface area contributed by atoms with E-state index in [-0.39, 0.29) is 0 Å². The lowest BCUT2D eigenvalue weighted by molar-refractivity contribution is 0.918. The summed E-state index contributed by atoms with van der Waals surface area (Å²) in [5.74, 6) is 0. The molecule has 0 nitrogen and oxygen atoms in total. The molecular weight excluding hydrogens is 296 g/mol. The zero-order valence-corrected chi connectivity index (χ0v) is 14.1. The fourth-order valence-electron chi connectivity index (χ4n) is 3.63. The predicted molar refractivity (Wildman–Crippen MR) is 101 cm³/mol. The molecule has 0 amide bonds. The summed E-state index contributed by atoms with van der Waals surface area (Å²) in [5.41, 5.74) is 0. The molecule has 1 atom stereocenters. The van der Waals surface area contributed by atoms with Gasteiger partial charge in [0.25, 0.3) is 0 Å². The lowest BCUT2D eigenvalue weighted by atomic mass is 10.1. The topological polar surface area (TPSA) is 0 Å². The molecule has 0 radical (unpaired) electrons. The third kappa shape index (κ3) is 2.40. The Hall–Kier alpha value is -1.99. The fourth-order valence-corrected chi connectivity index (χ4v) is 8.31. The van der Waals surface area contributed by atoms with E-state index in [1.807, 2.05) is 0 Å². The molecule has 0 aliphatic heterocycles. The Labute approximate surface area is 140 Å². The van der Waals surface area contributed by atoms with E-state index in [1.165, 1.54) is 22.6 Å². The minimum Gasteiger partial charge on any atom is -0.158 e. The Bertz CT molecular complexity index is 714. The van der Waals surface area contributed by atoms with Crippen LogP contribution in [0.5, 0.6) is 0 Å². The second-order valence-corrected chi connectivity index (χ2v) is 9.47. The van der Waals surface area contributed by atoms with Crippen LogP contribution in [0, 0.1) is 0 Å². The molecule has 0 fully saturated rings. The molecule has 23 heavy (non-hydrogen) atoms. The Morgan fingerprint density at radius 1 is 0.783 bits per heavy atom. The quantitative estimate of drug-likeness (QED) is 0.606. The summed E-state index contributed by atoms with van der Waals surface area (Å²) in [4.78, 5) is 4.67. The average molecular weight is 318 g/mol. The maximum atomic E-state index is 2.49. The van der Waals surface area contributed by atoms with Gasteiger partial charge >= 0.3 is 0 Å². The minimum atomic E-state index is -1.17. The second-order valence-electron chi connectivity index (χ2n) is 6.08. The summed E-state index contributed by atoms with van der Waals surface area (Å²) in [7, 11) is -1.17. The maximum absolute atomic E-state index is 2.49. The zero-order valence-electron chi connectivity index (χ0n) is 13.3. The van der Waals surface area contributed by atoms with Gasteiger partial charge < -0.3 is 0 Å². The van der Waals surface area contributed by atoms with E-state index in [0.29, 0.717) is 5.25 Å². The van der Waals surface area contributed by atoms with E-state index < -0.39 is 10.0 Å². The molecule has 2 aliphatic carbocycles. The van der Waals surface area contributed by atoms with Gasteiger partial charge in [-0.1, -0.05) is 66.8 Å². The van der Waals surface area contributed by atoms with Crippen molar-refractivity contribution in [3.05, 3.63) is 95.9 Å². The fraction of sp³-hybridized carbons (Fsp3) is 0.182. The van der Waals surface area contributed by atoms with Crippen LogP contribution in [0.2, 0.25) is 0 Å². The molecule has 0 aromatic heterocycles. The number of hydrogen-bond donors (Lipinski definition) is 0. The highest BCUT2D eigenvalue weighted by Gasteiger charge is 2.40. The average Bonchev–Trinajstić information content (AvgIpc) is 2.60. The normalized spacial score (nSPS) is 20.7. The molecule has 2 aromatic carbocycles. The monoisotopic (exact) mass is 318 g/mol. The lowest BCUT2D eigenvalue weighted by Gasteiger charge is -2.50. The second kappa shape index (κ2) is 6.25. The largest absolute Gasteiger partial charge is 0.158 e. The van der Waals surface area contributed by atoms with Gasteiger partial charge in [0, 0.05) is 5.25 Å². The first kappa shape index (κ1) is 14.6. The summed E-state index contributed by atoms with van der Waals surface area (Å²) in [6.07, 6.45) is 15.3. The molecule has 0 N–H and O–H groups in total. The number of allylic oxidation sites excluding steroid dienone is 5. The van der Waals surface area contributed by atoms with Gasteiger partial charge in [-0.05, 0) is 58.2 Å². The SMILES string of the molecule is C1=CCC(S(C2=CCC2)(c2ccccc2)c2ccccc2)C=C1. The minimum absolute atomic E-state index is 0.559. The molecule has 1 heteroatoms. The molecule has 2 aliphatic rings. The van der Waals surface area contributed by atoms with Crippen LogP contribution in [0.25, 0.3) is 0 Å². The summed E-state index contributed by atoms with van der Waals surface area (Å²) in [6.45, 7) is 0. The molecule has 0 spiro atoms. The van der Waals surface area contributed by atoms with Crippen molar-refractivity contribution in [2.24, 2.45) is 0 Å². The first-order valence-electron chi connectivity index (χ1n) is 8.37. The van der Waals surface area contributed by atoms with Crippen LogP contribution in [0.4, 0.5) is 0 Å². The van der Waals surface area contributed by atoms with Gasteiger partial charge in [-0.3, -0.25) is 0 Å². The van der Waals surface area contributed by atoms with Gasteiger partial charge in [-0.25, -0.2) is 0 Å². The van der Waals surface area contributed by atoms with Crippen LogP contribution < -0.4 is 0 Å². The van der Waals surface area contributed by atoms with E-state index in [1.54, 1.807) is 4.91 Å². The van der Waals surface area contributed by atoms with Crippen LogP contribution in [-0.2, 0) is 0 Å². The van der Waals surface area contributed by atoms with Gasteiger partial charge in [-0.2, -0.15) is 10.0 Å². The third-order valence-electron chi connectivity index (χ3n) is 4.80. The number of rotatable bonds is 4. The van der Waals surface area contributed by atoms with Gasteiger partial charge in [0.2, 0.25) is 0 Å². The molecule has 2 aromatic rings. The van der Waals surface area contributed by atoms with E-state index in [2.05, 4.69) is 91.0 Å². The van der Waals surface area contributed by atoms with Crippen LogP contribution in [0.15, 0.2) is 106 Å². The molecule has 116 valence electrons. The first-order chi connectivity index (χ1) is 11.4. The van der Waals surface area contributed by atoms with Gasteiger partial charge in [-0.15, -0.1) is 0 Å². The number of hydrogen-bond acceptors (Lipinski definition) is 0. The highest BCUT2D eigenvalue weighted by Crippen LogP contribution is 2.74. The highest BCUT2D eigenvalue weighted by atomic mass is 32.3. The van der Waals surface area contributed by atoms with E-state index >= 15 is 0 Å². The van der Waals surface area contributed by atoms with Gasteiger partial charge in [0.05, 0.1) is 0 Å². The highest BCUT2D eigenvalue weighted by molar-refractivity contribution is 8.37. The summed E-state index contributed by atoms with van der Waals surface area (Å²) < 4.78 is 0. The van der Waals surface area contributed by atoms with Crippen molar-refractivity contribution in [2.45, 2.75) is 34.3 Å². The summed E-state index contributed by atoms with van der Waals surface area (Å²) in [6, 6.07) is 22.4. The predicted octanol–water partition coefficient (Wildman–Crippen LogP) is 6.47. The van der Waals surface area contributed by atoms with Gasteiger partial charge in [0.1, 0.15) is 0 Å². The zero-order chi connectivity index (χ0) is 15.5. The lowest BCUT2D eigenvalue weighted by Crippen LogP contribution is -2.22. The summed E-state index contributed by atoms with van der Waals surface area (Å²) in [5, 5.41) is 0.559. The molecule has 0 saturated heterocycles. The van der Waals surface area contributed by atoms with Crippen molar-refractivity contribution in [3.63, 3.8) is 0 Å². The molecule has 0 heterocycles. The Morgan fingerprint density at radius 3 is 1.83 bits per heavy atom. The Morgan fingerprint density at radius 2 is 1.39 bits per heavy atom. The molecule has 0 saturated carbocycles. The van der Waals surface area contributed by atoms with Gasteiger partial charge in [0.15, 0.2) is 0 Å². The number of benzene rings is 2. The smallest absolute Gasteiger partial charge is 0.0221 e. The van der Waals surface area contributed by atoms with Crippen molar-refractivity contribution in [3.8, 4) is 0 Å². The maximum Gasteiger partial charge on any atom is 0.0221 e.